The fourth-order valence-corrected chi connectivity index (χ4v) is 3.75. The van der Waals surface area contributed by atoms with Crippen molar-refractivity contribution in [3.05, 3.63) is 30.5 Å². The van der Waals surface area contributed by atoms with Crippen LogP contribution in [0.2, 0.25) is 0 Å². The van der Waals surface area contributed by atoms with Gasteiger partial charge in [0.1, 0.15) is 0 Å². The molecule has 156 valence electrons. The monoisotopic (exact) mass is 400 g/mol. The Balaban J connectivity index is 1.98. The zero-order valence-corrected chi connectivity index (χ0v) is 17.0. The number of carboxylic acid groups (broad SMARTS) is 1. The Kier molecular flexibility index (Phi) is 6.10. The molecular weight excluding hydrogens is 372 g/mol. The molecule has 0 aliphatic heterocycles. The van der Waals surface area contributed by atoms with Gasteiger partial charge in [0.15, 0.2) is 5.75 Å². The molecule has 2 aromatic rings. The lowest BCUT2D eigenvalue weighted by atomic mass is 9.82. The zero-order chi connectivity index (χ0) is 21.1. The molecule has 3 N–H and O–H groups in total. The largest absolute Gasteiger partial charge is 0.511 e. The molecule has 0 atom stereocenters. The molecule has 1 heterocycles. The van der Waals surface area contributed by atoms with Gasteiger partial charge in [-0.3, -0.25) is 9.69 Å². The summed E-state index contributed by atoms with van der Waals surface area (Å²) in [5.74, 6) is 0.739. The van der Waals surface area contributed by atoms with Crippen molar-refractivity contribution in [1.29, 1.82) is 0 Å². The summed E-state index contributed by atoms with van der Waals surface area (Å²) in [7, 11) is 0. The molecule has 0 saturated heterocycles. The van der Waals surface area contributed by atoms with Crippen molar-refractivity contribution in [2.24, 2.45) is 11.8 Å². The van der Waals surface area contributed by atoms with E-state index in [0.717, 1.165) is 25.7 Å². The highest BCUT2D eigenvalue weighted by Gasteiger charge is 2.34. The summed E-state index contributed by atoms with van der Waals surface area (Å²) in [5, 5.41) is 13.7. The van der Waals surface area contributed by atoms with Crippen LogP contribution in [-0.2, 0) is 4.79 Å². The Morgan fingerprint density at radius 3 is 2.38 bits per heavy atom. The number of carbonyl (C=O) groups excluding carboxylic acids is 1. The standard InChI is InChI=1S/C21H28N4O4/c1-13(2)25(20(26)15-6-4-14(3)5-7-15)19-18(29-21(27)28)12-24(23-19)17-10-8-16(22)9-11-17/h8-15H,4-7,22H2,1-3H3,(H,27,28). The summed E-state index contributed by atoms with van der Waals surface area (Å²) in [4.78, 5) is 26.1. The summed E-state index contributed by atoms with van der Waals surface area (Å²) in [6.07, 6.45) is 3.71. The Bertz CT molecular complexity index is 867. The van der Waals surface area contributed by atoms with Gasteiger partial charge in [-0.25, -0.2) is 9.48 Å². The lowest BCUT2D eigenvalue weighted by molar-refractivity contribution is -0.124. The van der Waals surface area contributed by atoms with Gasteiger partial charge >= 0.3 is 6.16 Å². The number of nitrogen functional groups attached to an aromatic ring is 1. The predicted molar refractivity (Wildman–Crippen MR) is 110 cm³/mol. The smallest absolute Gasteiger partial charge is 0.449 e. The minimum Gasteiger partial charge on any atom is -0.449 e. The predicted octanol–water partition coefficient (Wildman–Crippen LogP) is 4.08. The van der Waals surface area contributed by atoms with Crippen molar-refractivity contribution in [2.75, 3.05) is 10.6 Å². The Hall–Kier alpha value is -3.03. The number of amides is 1. The Labute approximate surface area is 170 Å². The number of hydrogen-bond donors (Lipinski definition) is 2. The minimum absolute atomic E-state index is 0.0283. The molecule has 0 spiro atoms. The Morgan fingerprint density at radius 1 is 1.21 bits per heavy atom. The maximum Gasteiger partial charge on any atom is 0.511 e. The van der Waals surface area contributed by atoms with Gasteiger partial charge in [0.25, 0.3) is 0 Å². The molecule has 1 amide bonds. The minimum atomic E-state index is -1.45. The van der Waals surface area contributed by atoms with E-state index in [1.54, 1.807) is 29.2 Å². The molecule has 1 aliphatic rings. The van der Waals surface area contributed by atoms with Crippen LogP contribution in [0, 0.1) is 11.8 Å². The van der Waals surface area contributed by atoms with Crippen molar-refractivity contribution >= 4 is 23.6 Å². The molecule has 29 heavy (non-hydrogen) atoms. The maximum absolute atomic E-state index is 13.3. The van der Waals surface area contributed by atoms with Gasteiger partial charge in [-0.15, -0.1) is 5.10 Å². The molecule has 0 bridgehead atoms. The number of nitrogens with two attached hydrogens (primary N) is 1. The second kappa shape index (κ2) is 8.55. The highest BCUT2D eigenvalue weighted by Crippen LogP contribution is 2.35. The van der Waals surface area contributed by atoms with Crippen LogP contribution in [-0.4, -0.2) is 33.0 Å². The average Bonchev–Trinajstić information content (AvgIpc) is 3.05. The summed E-state index contributed by atoms with van der Waals surface area (Å²) in [5.41, 5.74) is 7.03. The van der Waals surface area contributed by atoms with Gasteiger partial charge in [-0.2, -0.15) is 0 Å². The van der Waals surface area contributed by atoms with E-state index in [2.05, 4.69) is 12.0 Å². The fourth-order valence-electron chi connectivity index (χ4n) is 3.75. The van der Waals surface area contributed by atoms with Gasteiger partial charge in [0, 0.05) is 17.6 Å². The van der Waals surface area contributed by atoms with Gasteiger partial charge in [0.05, 0.1) is 11.9 Å². The van der Waals surface area contributed by atoms with E-state index in [4.69, 9.17) is 15.6 Å². The molecule has 0 unspecified atom stereocenters. The molecule has 1 aliphatic carbocycles. The molecule has 8 nitrogen and oxygen atoms in total. The lowest BCUT2D eigenvalue weighted by Crippen LogP contribution is -2.42. The summed E-state index contributed by atoms with van der Waals surface area (Å²) >= 11 is 0. The van der Waals surface area contributed by atoms with E-state index in [9.17, 15) is 9.59 Å². The van der Waals surface area contributed by atoms with Crippen LogP contribution < -0.4 is 15.4 Å². The fraction of sp³-hybridized carbons (Fsp3) is 0.476. The number of ether oxygens (including phenoxy) is 1. The van der Waals surface area contributed by atoms with Crippen molar-refractivity contribution in [3.63, 3.8) is 0 Å². The first-order valence-electron chi connectivity index (χ1n) is 9.95. The topological polar surface area (TPSA) is 111 Å². The number of benzene rings is 1. The molecule has 3 rings (SSSR count). The third-order valence-electron chi connectivity index (χ3n) is 5.36. The van der Waals surface area contributed by atoms with Gasteiger partial charge in [-0.05, 0) is 69.7 Å². The lowest BCUT2D eigenvalue weighted by Gasteiger charge is -2.32. The van der Waals surface area contributed by atoms with Gasteiger partial charge in [0.2, 0.25) is 11.7 Å². The highest BCUT2D eigenvalue weighted by molar-refractivity contribution is 5.96. The maximum atomic E-state index is 13.3. The van der Waals surface area contributed by atoms with E-state index in [-0.39, 0.29) is 29.4 Å². The highest BCUT2D eigenvalue weighted by atomic mass is 16.7. The van der Waals surface area contributed by atoms with Crippen molar-refractivity contribution in [1.82, 2.24) is 9.78 Å². The number of nitrogens with zero attached hydrogens (tertiary/aromatic N) is 3. The second-order valence-corrected chi connectivity index (χ2v) is 7.98. The first kappa shape index (κ1) is 20.7. The summed E-state index contributed by atoms with van der Waals surface area (Å²) in [6.45, 7) is 5.97. The SMILES string of the molecule is CC1CCC(C(=O)N(c2nn(-c3ccc(N)cc3)cc2OC(=O)O)C(C)C)CC1. The van der Waals surface area contributed by atoms with Crippen LogP contribution >= 0.6 is 0 Å². The Morgan fingerprint density at radius 2 is 1.83 bits per heavy atom. The third kappa shape index (κ3) is 4.70. The molecule has 1 aromatic heterocycles. The van der Waals surface area contributed by atoms with Crippen LogP contribution in [0.3, 0.4) is 0 Å². The second-order valence-electron chi connectivity index (χ2n) is 7.98. The number of anilines is 2. The first-order valence-corrected chi connectivity index (χ1v) is 9.95. The van der Waals surface area contributed by atoms with E-state index < -0.39 is 6.16 Å². The van der Waals surface area contributed by atoms with Crippen LogP contribution in [0.25, 0.3) is 5.69 Å². The van der Waals surface area contributed by atoms with Crippen LogP contribution in [0.1, 0.15) is 46.5 Å². The molecule has 1 fully saturated rings. The van der Waals surface area contributed by atoms with Crippen LogP contribution in [0.4, 0.5) is 16.3 Å². The average molecular weight is 400 g/mol. The summed E-state index contributed by atoms with van der Waals surface area (Å²) < 4.78 is 6.47. The van der Waals surface area contributed by atoms with E-state index in [1.165, 1.54) is 10.9 Å². The normalized spacial score (nSPS) is 19.2. The molecule has 0 radical (unpaired) electrons. The first-order chi connectivity index (χ1) is 13.8. The van der Waals surface area contributed by atoms with Crippen LogP contribution in [0.15, 0.2) is 30.5 Å². The molecule has 1 saturated carbocycles. The van der Waals surface area contributed by atoms with Crippen LogP contribution in [0.5, 0.6) is 5.75 Å². The van der Waals surface area contributed by atoms with Crippen molar-refractivity contribution in [2.45, 2.75) is 52.5 Å². The summed E-state index contributed by atoms with van der Waals surface area (Å²) in [6, 6.07) is 6.78. The van der Waals surface area contributed by atoms with Crippen molar-refractivity contribution in [3.8, 4) is 11.4 Å². The van der Waals surface area contributed by atoms with E-state index in [0.29, 0.717) is 17.3 Å². The van der Waals surface area contributed by atoms with E-state index >= 15 is 0 Å². The molecular formula is C21H28N4O4. The number of carbonyl (C=O) groups is 2. The van der Waals surface area contributed by atoms with E-state index in [1.807, 2.05) is 13.8 Å². The van der Waals surface area contributed by atoms with Crippen molar-refractivity contribution < 1.29 is 19.4 Å². The number of hydrogen-bond acceptors (Lipinski definition) is 5. The molecule has 1 aromatic carbocycles. The van der Waals surface area contributed by atoms with Gasteiger partial charge in [-0.1, -0.05) is 6.92 Å². The number of rotatable bonds is 5. The van der Waals surface area contributed by atoms with Gasteiger partial charge < -0.3 is 15.6 Å². The molecule has 8 heteroatoms. The quantitative estimate of drug-likeness (QED) is 0.578. The third-order valence-corrected chi connectivity index (χ3v) is 5.36. The zero-order valence-electron chi connectivity index (χ0n) is 17.0. The number of aromatic nitrogens is 2.